The molecule has 80 valence electrons. The monoisotopic (exact) mass is 225 g/mol. The van der Waals surface area contributed by atoms with Gasteiger partial charge in [-0.2, -0.15) is 4.68 Å². The molecule has 0 aliphatic heterocycles. The number of halogens is 1. The fourth-order valence-electron chi connectivity index (χ4n) is 1.34. The number of benzene rings is 1. The first kappa shape index (κ1) is 11.6. The number of tetrazole rings is 1. The van der Waals surface area contributed by atoms with Crippen molar-refractivity contribution in [3.8, 4) is 5.69 Å². The third kappa shape index (κ3) is 2.14. The number of nitrogens with zero attached hydrogens (tertiary/aromatic N) is 4. The lowest BCUT2D eigenvalue weighted by Gasteiger charge is -2.06. The van der Waals surface area contributed by atoms with E-state index in [9.17, 15) is 0 Å². The molecule has 0 saturated carbocycles. The van der Waals surface area contributed by atoms with Gasteiger partial charge in [0.15, 0.2) is 5.82 Å². The highest BCUT2D eigenvalue weighted by molar-refractivity contribution is 5.85. The van der Waals surface area contributed by atoms with Crippen LogP contribution in [0, 0.1) is 6.92 Å². The molecule has 1 aromatic carbocycles. The lowest BCUT2D eigenvalue weighted by molar-refractivity contribution is 0.770. The molecule has 5 nitrogen and oxygen atoms in total. The molecule has 2 rings (SSSR count). The van der Waals surface area contributed by atoms with E-state index in [1.807, 2.05) is 31.2 Å². The second kappa shape index (κ2) is 4.86. The lowest BCUT2D eigenvalue weighted by atomic mass is 10.2. The second-order valence-corrected chi connectivity index (χ2v) is 2.97. The maximum absolute atomic E-state index is 5.62. The van der Waals surface area contributed by atoms with Crippen molar-refractivity contribution >= 4 is 12.4 Å². The zero-order valence-corrected chi connectivity index (χ0v) is 9.11. The highest BCUT2D eigenvalue weighted by Crippen LogP contribution is 2.12. The molecule has 15 heavy (non-hydrogen) atoms. The molecule has 0 saturated heterocycles. The molecule has 0 spiro atoms. The first-order chi connectivity index (χ1) is 6.83. The number of hydrogen-bond acceptors (Lipinski definition) is 4. The summed E-state index contributed by atoms with van der Waals surface area (Å²) in [5.41, 5.74) is 7.60. The fraction of sp³-hybridized carbons (Fsp3) is 0.222. The Labute approximate surface area is 93.7 Å². The van der Waals surface area contributed by atoms with Crippen molar-refractivity contribution < 1.29 is 0 Å². The largest absolute Gasteiger partial charge is 0.326 e. The zero-order chi connectivity index (χ0) is 9.97. The number of aromatic nitrogens is 4. The van der Waals surface area contributed by atoms with Crippen LogP contribution >= 0.6 is 12.4 Å². The van der Waals surface area contributed by atoms with E-state index < -0.39 is 0 Å². The van der Waals surface area contributed by atoms with E-state index in [2.05, 4.69) is 15.5 Å². The number of aryl methyl sites for hydroxylation is 1. The van der Waals surface area contributed by atoms with Crippen LogP contribution in [0.2, 0.25) is 0 Å². The Morgan fingerprint density at radius 2 is 2.07 bits per heavy atom. The summed E-state index contributed by atoms with van der Waals surface area (Å²) in [5, 5.41) is 11.3. The normalized spacial score (nSPS) is 9.73. The summed E-state index contributed by atoms with van der Waals surface area (Å²) in [7, 11) is 0. The molecule has 2 aromatic rings. The summed E-state index contributed by atoms with van der Waals surface area (Å²) in [4.78, 5) is 0. The van der Waals surface area contributed by atoms with Crippen LogP contribution in [-0.4, -0.2) is 20.2 Å². The van der Waals surface area contributed by atoms with E-state index in [4.69, 9.17) is 5.73 Å². The van der Waals surface area contributed by atoms with E-state index >= 15 is 0 Å². The molecule has 0 amide bonds. The maximum Gasteiger partial charge on any atom is 0.153 e. The molecule has 2 N–H and O–H groups in total. The highest BCUT2D eigenvalue weighted by Gasteiger charge is 2.06. The summed E-state index contributed by atoms with van der Waals surface area (Å²) >= 11 is 0. The van der Waals surface area contributed by atoms with E-state index in [0.29, 0.717) is 6.54 Å². The Morgan fingerprint density at radius 1 is 1.33 bits per heavy atom. The van der Waals surface area contributed by atoms with Gasteiger partial charge >= 0.3 is 0 Å². The first-order valence-corrected chi connectivity index (χ1v) is 4.36. The average Bonchev–Trinajstić information content (AvgIpc) is 2.64. The van der Waals surface area contributed by atoms with Gasteiger partial charge < -0.3 is 5.73 Å². The number of rotatable bonds is 2. The third-order valence-corrected chi connectivity index (χ3v) is 2.07. The Hall–Kier alpha value is -1.46. The van der Waals surface area contributed by atoms with Gasteiger partial charge in [-0.3, -0.25) is 0 Å². The summed E-state index contributed by atoms with van der Waals surface area (Å²) in [6.07, 6.45) is 0. The van der Waals surface area contributed by atoms with Crippen molar-refractivity contribution in [1.29, 1.82) is 0 Å². The molecule has 6 heteroatoms. The standard InChI is InChI=1S/C9H11N5.ClH/c1-7-11-12-13-14(7)9-5-3-2-4-8(9)6-10;/h2-5H,6,10H2,1H3;1H. The SMILES string of the molecule is Cc1nnnn1-c1ccccc1CN.Cl. The summed E-state index contributed by atoms with van der Waals surface area (Å²) < 4.78 is 1.68. The van der Waals surface area contributed by atoms with Gasteiger partial charge in [0, 0.05) is 6.54 Å². The predicted molar refractivity (Wildman–Crippen MR) is 59.0 cm³/mol. The fourth-order valence-corrected chi connectivity index (χ4v) is 1.34. The first-order valence-electron chi connectivity index (χ1n) is 4.36. The van der Waals surface area contributed by atoms with E-state index in [1.165, 1.54) is 0 Å². The molecular formula is C9H12ClN5. The van der Waals surface area contributed by atoms with Gasteiger partial charge in [0.05, 0.1) is 5.69 Å². The van der Waals surface area contributed by atoms with Crippen molar-refractivity contribution in [3.63, 3.8) is 0 Å². The Balaban J connectivity index is 0.00000112. The van der Waals surface area contributed by atoms with Crippen molar-refractivity contribution in [1.82, 2.24) is 20.2 Å². The Kier molecular flexibility index (Phi) is 3.76. The van der Waals surface area contributed by atoms with Crippen molar-refractivity contribution in [2.24, 2.45) is 5.73 Å². The van der Waals surface area contributed by atoms with Crippen LogP contribution in [0.5, 0.6) is 0 Å². The maximum atomic E-state index is 5.62. The number of nitrogens with two attached hydrogens (primary N) is 1. The predicted octanol–water partition coefficient (Wildman–Crippen LogP) is 0.851. The highest BCUT2D eigenvalue weighted by atomic mass is 35.5. The van der Waals surface area contributed by atoms with Crippen LogP contribution in [-0.2, 0) is 6.54 Å². The average molecular weight is 226 g/mol. The molecule has 0 aliphatic rings. The summed E-state index contributed by atoms with van der Waals surface area (Å²) in [5.74, 6) is 0.755. The van der Waals surface area contributed by atoms with Gasteiger partial charge in [0.2, 0.25) is 0 Å². The van der Waals surface area contributed by atoms with Crippen LogP contribution in [0.4, 0.5) is 0 Å². The minimum Gasteiger partial charge on any atom is -0.326 e. The zero-order valence-electron chi connectivity index (χ0n) is 8.29. The van der Waals surface area contributed by atoms with E-state index in [-0.39, 0.29) is 12.4 Å². The third-order valence-electron chi connectivity index (χ3n) is 2.07. The van der Waals surface area contributed by atoms with Gasteiger partial charge in [-0.1, -0.05) is 18.2 Å². The molecule has 0 unspecified atom stereocenters. The molecule has 0 atom stereocenters. The van der Waals surface area contributed by atoms with Crippen LogP contribution in [0.3, 0.4) is 0 Å². The van der Waals surface area contributed by atoms with Crippen molar-refractivity contribution in [2.75, 3.05) is 0 Å². The second-order valence-electron chi connectivity index (χ2n) is 2.97. The summed E-state index contributed by atoms with van der Waals surface area (Å²) in [6, 6.07) is 7.81. The topological polar surface area (TPSA) is 69.6 Å². The van der Waals surface area contributed by atoms with Gasteiger partial charge in [0.1, 0.15) is 0 Å². The smallest absolute Gasteiger partial charge is 0.153 e. The van der Waals surface area contributed by atoms with Crippen LogP contribution < -0.4 is 5.73 Å². The van der Waals surface area contributed by atoms with Gasteiger partial charge in [0.25, 0.3) is 0 Å². The van der Waals surface area contributed by atoms with Crippen molar-refractivity contribution in [2.45, 2.75) is 13.5 Å². The number of para-hydroxylation sites is 1. The van der Waals surface area contributed by atoms with Gasteiger partial charge in [-0.15, -0.1) is 17.5 Å². The van der Waals surface area contributed by atoms with E-state index in [1.54, 1.807) is 4.68 Å². The Morgan fingerprint density at radius 3 is 2.67 bits per heavy atom. The molecular weight excluding hydrogens is 214 g/mol. The minimum atomic E-state index is 0. The van der Waals surface area contributed by atoms with Crippen LogP contribution in [0.15, 0.2) is 24.3 Å². The molecule has 0 aliphatic carbocycles. The summed E-state index contributed by atoms with van der Waals surface area (Å²) in [6.45, 7) is 2.34. The van der Waals surface area contributed by atoms with Crippen LogP contribution in [0.25, 0.3) is 5.69 Å². The lowest BCUT2D eigenvalue weighted by Crippen LogP contribution is -2.06. The van der Waals surface area contributed by atoms with Gasteiger partial charge in [-0.05, 0) is 29.0 Å². The van der Waals surface area contributed by atoms with Gasteiger partial charge in [-0.25, -0.2) is 0 Å². The number of hydrogen-bond donors (Lipinski definition) is 1. The van der Waals surface area contributed by atoms with Crippen LogP contribution in [0.1, 0.15) is 11.4 Å². The molecule has 0 bridgehead atoms. The quantitative estimate of drug-likeness (QED) is 0.823. The van der Waals surface area contributed by atoms with E-state index in [0.717, 1.165) is 17.1 Å². The molecule has 1 heterocycles. The molecule has 0 fully saturated rings. The molecule has 1 aromatic heterocycles. The van der Waals surface area contributed by atoms with Crippen molar-refractivity contribution in [3.05, 3.63) is 35.7 Å². The molecule has 0 radical (unpaired) electrons. The Bertz CT molecular complexity index is 440. The minimum absolute atomic E-state index is 0.